The molecular formula is C12H16N4O. The van der Waals surface area contributed by atoms with Crippen molar-refractivity contribution in [2.45, 2.75) is 25.8 Å². The highest BCUT2D eigenvalue weighted by Crippen LogP contribution is 2.19. The molecule has 0 saturated carbocycles. The second-order valence-electron chi connectivity index (χ2n) is 3.95. The molecule has 1 atom stereocenters. The fourth-order valence-corrected chi connectivity index (χ4v) is 1.75. The molecule has 1 amide bonds. The van der Waals surface area contributed by atoms with E-state index in [-0.39, 0.29) is 11.9 Å². The van der Waals surface area contributed by atoms with E-state index in [4.69, 9.17) is 0 Å². The van der Waals surface area contributed by atoms with E-state index in [0.29, 0.717) is 13.0 Å². The Labute approximate surface area is 100 Å². The first-order valence-electron chi connectivity index (χ1n) is 5.77. The Balaban J connectivity index is 1.98. The summed E-state index contributed by atoms with van der Waals surface area (Å²) in [4.78, 5) is 15.1. The number of hydrogen-bond acceptors (Lipinski definition) is 3. The number of nitrogens with one attached hydrogen (secondary N) is 1. The Morgan fingerprint density at radius 3 is 3.24 bits per heavy atom. The molecule has 1 heterocycles. The van der Waals surface area contributed by atoms with Crippen molar-refractivity contribution in [1.29, 1.82) is 0 Å². The van der Waals surface area contributed by atoms with Gasteiger partial charge in [0.1, 0.15) is 12.7 Å². The van der Waals surface area contributed by atoms with Crippen LogP contribution in [0.15, 0.2) is 36.5 Å². The molecule has 5 nitrogen and oxygen atoms in total. The zero-order valence-corrected chi connectivity index (χ0v) is 9.84. The Morgan fingerprint density at radius 1 is 1.65 bits per heavy atom. The van der Waals surface area contributed by atoms with Crippen molar-refractivity contribution in [2.75, 3.05) is 6.54 Å². The van der Waals surface area contributed by atoms with Crippen LogP contribution in [0.3, 0.4) is 0 Å². The first-order chi connectivity index (χ1) is 8.29. The first kappa shape index (κ1) is 11.6. The number of carbonyl (C=O) groups excluding carboxylic acids is 1. The minimum atomic E-state index is 0.0715. The summed E-state index contributed by atoms with van der Waals surface area (Å²) in [6.45, 7) is 2.42. The van der Waals surface area contributed by atoms with Gasteiger partial charge in [-0.1, -0.05) is 25.2 Å². The molecule has 17 heavy (non-hydrogen) atoms. The molecule has 1 N–H and O–H groups in total. The summed E-state index contributed by atoms with van der Waals surface area (Å²) in [7, 11) is 0. The van der Waals surface area contributed by atoms with E-state index >= 15 is 0 Å². The lowest BCUT2D eigenvalue weighted by atomic mass is 10.0. The second kappa shape index (κ2) is 5.43. The van der Waals surface area contributed by atoms with Gasteiger partial charge in [-0.3, -0.25) is 4.79 Å². The highest BCUT2D eigenvalue weighted by molar-refractivity contribution is 5.75. The average Bonchev–Trinajstić information content (AvgIpc) is 2.90. The van der Waals surface area contributed by atoms with Gasteiger partial charge in [-0.2, -0.15) is 5.10 Å². The molecule has 2 rings (SSSR count). The summed E-state index contributed by atoms with van der Waals surface area (Å²) in [5.74, 6) is 0.0715. The summed E-state index contributed by atoms with van der Waals surface area (Å²) < 4.78 is 1.82. The van der Waals surface area contributed by atoms with E-state index in [0.717, 1.165) is 12.0 Å². The lowest BCUT2D eigenvalue weighted by molar-refractivity contribution is -0.120. The summed E-state index contributed by atoms with van der Waals surface area (Å²) in [6.07, 6.45) is 10.9. The van der Waals surface area contributed by atoms with Crippen LogP contribution in [0.1, 0.15) is 25.8 Å². The van der Waals surface area contributed by atoms with Gasteiger partial charge in [0.05, 0.1) is 6.04 Å². The van der Waals surface area contributed by atoms with Crippen molar-refractivity contribution in [3.63, 3.8) is 0 Å². The molecule has 0 aromatic carbocycles. The van der Waals surface area contributed by atoms with Crippen LogP contribution in [0.2, 0.25) is 0 Å². The van der Waals surface area contributed by atoms with Crippen LogP contribution in [0, 0.1) is 0 Å². The van der Waals surface area contributed by atoms with E-state index in [2.05, 4.69) is 27.6 Å². The van der Waals surface area contributed by atoms with Gasteiger partial charge in [0.15, 0.2) is 0 Å². The fraction of sp³-hybridized carbons (Fsp3) is 0.417. The van der Waals surface area contributed by atoms with Gasteiger partial charge in [0.2, 0.25) is 5.91 Å². The van der Waals surface area contributed by atoms with Crippen LogP contribution in [0.4, 0.5) is 0 Å². The molecule has 1 aromatic heterocycles. The van der Waals surface area contributed by atoms with E-state index in [9.17, 15) is 4.79 Å². The molecule has 1 aliphatic rings. The molecular weight excluding hydrogens is 216 g/mol. The van der Waals surface area contributed by atoms with Gasteiger partial charge in [-0.15, -0.1) is 0 Å². The van der Waals surface area contributed by atoms with Crippen LogP contribution in [-0.2, 0) is 4.79 Å². The molecule has 1 aliphatic carbocycles. The number of nitrogens with zero attached hydrogens (tertiary/aromatic N) is 3. The van der Waals surface area contributed by atoms with E-state index < -0.39 is 0 Å². The van der Waals surface area contributed by atoms with E-state index in [1.807, 2.05) is 17.7 Å². The Hall–Kier alpha value is -1.91. The highest BCUT2D eigenvalue weighted by atomic mass is 16.1. The third-order valence-electron chi connectivity index (χ3n) is 2.70. The van der Waals surface area contributed by atoms with Crippen LogP contribution in [-0.4, -0.2) is 27.2 Å². The standard InChI is InChI=1S/C12H16N4O/c1-2-12(17)14-7-10-4-3-5-11(6-10)16-9-13-8-15-16/h3-4,6,8-9,11H,2,5,7H2,1H3,(H,14,17). The first-order valence-corrected chi connectivity index (χ1v) is 5.77. The van der Waals surface area contributed by atoms with Gasteiger partial charge in [-0.25, -0.2) is 9.67 Å². The van der Waals surface area contributed by atoms with Gasteiger partial charge >= 0.3 is 0 Å². The molecule has 0 radical (unpaired) electrons. The van der Waals surface area contributed by atoms with Crippen LogP contribution >= 0.6 is 0 Å². The van der Waals surface area contributed by atoms with Crippen molar-refractivity contribution in [2.24, 2.45) is 0 Å². The summed E-state index contributed by atoms with van der Waals surface area (Å²) in [5, 5.41) is 6.99. The maximum Gasteiger partial charge on any atom is 0.219 e. The maximum atomic E-state index is 11.2. The Bertz CT molecular complexity index is 433. The minimum absolute atomic E-state index is 0.0715. The number of aromatic nitrogens is 3. The van der Waals surface area contributed by atoms with Crippen molar-refractivity contribution in [3.05, 3.63) is 36.5 Å². The molecule has 0 bridgehead atoms. The molecule has 1 aromatic rings. The molecule has 0 spiro atoms. The van der Waals surface area contributed by atoms with E-state index in [1.165, 1.54) is 6.33 Å². The number of rotatable bonds is 4. The zero-order chi connectivity index (χ0) is 12.1. The predicted octanol–water partition coefficient (Wildman–Crippen LogP) is 1.23. The van der Waals surface area contributed by atoms with Crippen molar-refractivity contribution in [1.82, 2.24) is 20.1 Å². The molecule has 0 saturated heterocycles. The minimum Gasteiger partial charge on any atom is -0.352 e. The second-order valence-corrected chi connectivity index (χ2v) is 3.95. The SMILES string of the molecule is CCC(=O)NCC1=CC(n2cncn2)CC=C1. The topological polar surface area (TPSA) is 59.8 Å². The summed E-state index contributed by atoms with van der Waals surface area (Å²) in [5.41, 5.74) is 1.11. The quantitative estimate of drug-likeness (QED) is 0.849. The largest absolute Gasteiger partial charge is 0.352 e. The number of allylic oxidation sites excluding steroid dienone is 2. The Kier molecular flexibility index (Phi) is 3.69. The van der Waals surface area contributed by atoms with Gasteiger partial charge in [-0.05, 0) is 12.0 Å². The van der Waals surface area contributed by atoms with Gasteiger partial charge < -0.3 is 5.32 Å². The summed E-state index contributed by atoms with van der Waals surface area (Å²) >= 11 is 0. The smallest absolute Gasteiger partial charge is 0.219 e. The van der Waals surface area contributed by atoms with Crippen LogP contribution < -0.4 is 5.32 Å². The maximum absolute atomic E-state index is 11.2. The molecule has 5 heteroatoms. The number of hydrogen-bond donors (Lipinski definition) is 1. The third-order valence-corrected chi connectivity index (χ3v) is 2.70. The van der Waals surface area contributed by atoms with Gasteiger partial charge in [0, 0.05) is 13.0 Å². The zero-order valence-electron chi connectivity index (χ0n) is 9.84. The third kappa shape index (κ3) is 3.03. The van der Waals surface area contributed by atoms with Gasteiger partial charge in [0.25, 0.3) is 0 Å². The number of carbonyl (C=O) groups is 1. The highest BCUT2D eigenvalue weighted by Gasteiger charge is 2.11. The monoisotopic (exact) mass is 232 g/mol. The van der Waals surface area contributed by atoms with Crippen molar-refractivity contribution < 1.29 is 4.79 Å². The van der Waals surface area contributed by atoms with Crippen LogP contribution in [0.5, 0.6) is 0 Å². The normalized spacial score (nSPS) is 18.9. The Morgan fingerprint density at radius 2 is 2.53 bits per heavy atom. The molecule has 90 valence electrons. The molecule has 0 aliphatic heterocycles. The molecule has 1 unspecified atom stereocenters. The van der Waals surface area contributed by atoms with E-state index in [1.54, 1.807) is 6.33 Å². The average molecular weight is 232 g/mol. The van der Waals surface area contributed by atoms with Crippen LogP contribution in [0.25, 0.3) is 0 Å². The lowest BCUT2D eigenvalue weighted by Crippen LogP contribution is -2.25. The summed E-state index contributed by atoms with van der Waals surface area (Å²) in [6, 6.07) is 0.205. The molecule has 0 fully saturated rings. The fourth-order valence-electron chi connectivity index (χ4n) is 1.75. The predicted molar refractivity (Wildman–Crippen MR) is 64.2 cm³/mol. The lowest BCUT2D eigenvalue weighted by Gasteiger charge is -2.17. The number of amides is 1. The van der Waals surface area contributed by atoms with Crippen molar-refractivity contribution in [3.8, 4) is 0 Å². The van der Waals surface area contributed by atoms with Crippen molar-refractivity contribution >= 4 is 5.91 Å².